The number of nitrogens with two attached hydrogens (primary N) is 1. The highest BCUT2D eigenvalue weighted by atomic mass is 35.5. The SMILES string of the molecule is Nc1cccc(Nc2c(F)cccc2Cl)c1[N+](=O)[O-]. The molecule has 0 saturated carbocycles. The van der Waals surface area contributed by atoms with Gasteiger partial charge < -0.3 is 11.1 Å². The number of nitro benzene ring substituents is 1. The standard InChI is InChI=1S/C12H9ClFN3O2/c13-7-3-1-4-8(14)11(7)16-10-6-2-5-9(15)12(10)17(18)19/h1-6,16H,15H2. The van der Waals surface area contributed by atoms with Crippen LogP contribution < -0.4 is 11.1 Å². The molecular weight excluding hydrogens is 273 g/mol. The molecule has 2 aromatic carbocycles. The molecule has 0 saturated heterocycles. The first kappa shape index (κ1) is 13.1. The van der Waals surface area contributed by atoms with Crippen molar-refractivity contribution in [1.82, 2.24) is 0 Å². The Labute approximate surface area is 113 Å². The number of rotatable bonds is 3. The van der Waals surface area contributed by atoms with E-state index in [9.17, 15) is 14.5 Å². The molecule has 0 spiro atoms. The van der Waals surface area contributed by atoms with Crippen molar-refractivity contribution >= 4 is 34.4 Å². The van der Waals surface area contributed by atoms with Gasteiger partial charge in [0.2, 0.25) is 0 Å². The van der Waals surface area contributed by atoms with E-state index in [0.717, 1.165) is 0 Å². The molecule has 0 aromatic heterocycles. The Hall–Kier alpha value is -2.34. The van der Waals surface area contributed by atoms with Gasteiger partial charge in [0, 0.05) is 0 Å². The van der Waals surface area contributed by atoms with Gasteiger partial charge in [-0.05, 0) is 24.3 Å². The Balaban J connectivity index is 2.50. The van der Waals surface area contributed by atoms with Crippen LogP contribution in [0.4, 0.5) is 27.1 Å². The third-order valence-electron chi connectivity index (χ3n) is 2.47. The summed E-state index contributed by atoms with van der Waals surface area (Å²) in [6, 6.07) is 8.47. The van der Waals surface area contributed by atoms with Crippen LogP contribution in [0.15, 0.2) is 36.4 Å². The number of benzene rings is 2. The van der Waals surface area contributed by atoms with E-state index < -0.39 is 10.7 Å². The Morgan fingerprint density at radius 2 is 1.95 bits per heavy atom. The molecule has 19 heavy (non-hydrogen) atoms. The van der Waals surface area contributed by atoms with Crippen molar-refractivity contribution in [2.45, 2.75) is 0 Å². The van der Waals surface area contributed by atoms with Crippen molar-refractivity contribution in [3.8, 4) is 0 Å². The lowest BCUT2D eigenvalue weighted by atomic mass is 10.2. The highest BCUT2D eigenvalue weighted by Crippen LogP contribution is 2.35. The monoisotopic (exact) mass is 281 g/mol. The van der Waals surface area contributed by atoms with Crippen molar-refractivity contribution in [2.75, 3.05) is 11.1 Å². The van der Waals surface area contributed by atoms with Crippen molar-refractivity contribution in [3.05, 3.63) is 57.4 Å². The Bertz CT molecular complexity index is 629. The molecular formula is C12H9ClFN3O2. The number of nitrogens with zero attached hydrogens (tertiary/aromatic N) is 1. The normalized spacial score (nSPS) is 10.2. The number of hydrogen-bond acceptors (Lipinski definition) is 4. The van der Waals surface area contributed by atoms with Gasteiger partial charge in [-0.3, -0.25) is 10.1 Å². The molecule has 2 aromatic rings. The summed E-state index contributed by atoms with van der Waals surface area (Å²) in [5.74, 6) is -0.607. The minimum absolute atomic E-state index is 0.0116. The van der Waals surface area contributed by atoms with Gasteiger partial charge in [-0.1, -0.05) is 23.7 Å². The lowest BCUT2D eigenvalue weighted by Gasteiger charge is -2.10. The molecule has 0 heterocycles. The lowest BCUT2D eigenvalue weighted by molar-refractivity contribution is -0.383. The first-order chi connectivity index (χ1) is 9.00. The molecule has 0 unspecified atom stereocenters. The van der Waals surface area contributed by atoms with Gasteiger partial charge in [0.15, 0.2) is 0 Å². The van der Waals surface area contributed by atoms with Crippen LogP contribution in [0.25, 0.3) is 0 Å². The molecule has 7 heteroatoms. The molecule has 98 valence electrons. The predicted molar refractivity (Wildman–Crippen MR) is 72.2 cm³/mol. The fourth-order valence-corrected chi connectivity index (χ4v) is 1.83. The van der Waals surface area contributed by atoms with Crippen LogP contribution in [0.2, 0.25) is 5.02 Å². The summed E-state index contributed by atoms with van der Waals surface area (Å²) in [5, 5.41) is 13.7. The quantitative estimate of drug-likeness (QED) is 0.510. The minimum atomic E-state index is -0.633. The molecule has 2 rings (SSSR count). The van der Waals surface area contributed by atoms with E-state index in [1.54, 1.807) is 0 Å². The molecule has 0 fully saturated rings. The van der Waals surface area contributed by atoms with Crippen molar-refractivity contribution < 1.29 is 9.31 Å². The van der Waals surface area contributed by atoms with Crippen LogP contribution in [-0.4, -0.2) is 4.92 Å². The van der Waals surface area contributed by atoms with E-state index in [0.29, 0.717) is 0 Å². The van der Waals surface area contributed by atoms with Crippen LogP contribution in [-0.2, 0) is 0 Å². The van der Waals surface area contributed by atoms with Crippen LogP contribution in [0.1, 0.15) is 0 Å². The minimum Gasteiger partial charge on any atom is -0.393 e. The largest absolute Gasteiger partial charge is 0.393 e. The van der Waals surface area contributed by atoms with E-state index in [4.69, 9.17) is 17.3 Å². The maximum absolute atomic E-state index is 13.6. The summed E-state index contributed by atoms with van der Waals surface area (Å²) in [7, 11) is 0. The van der Waals surface area contributed by atoms with E-state index in [1.807, 2.05) is 0 Å². The predicted octanol–water partition coefficient (Wildman–Crippen LogP) is 3.71. The van der Waals surface area contributed by atoms with Crippen molar-refractivity contribution in [2.24, 2.45) is 0 Å². The second kappa shape index (κ2) is 5.11. The average Bonchev–Trinajstić information content (AvgIpc) is 2.33. The molecule has 3 N–H and O–H groups in total. The molecule has 0 aliphatic heterocycles. The van der Waals surface area contributed by atoms with Gasteiger partial charge in [-0.2, -0.15) is 0 Å². The number of anilines is 3. The third-order valence-corrected chi connectivity index (χ3v) is 2.79. The first-order valence-corrected chi connectivity index (χ1v) is 5.62. The van der Waals surface area contributed by atoms with E-state index in [2.05, 4.69) is 5.32 Å². The molecule has 0 atom stereocenters. The zero-order valence-electron chi connectivity index (χ0n) is 9.56. The number of para-hydroxylation sites is 2. The summed E-state index contributed by atoms with van der Waals surface area (Å²) in [6.45, 7) is 0. The second-order valence-electron chi connectivity index (χ2n) is 3.72. The van der Waals surface area contributed by atoms with Crippen LogP contribution >= 0.6 is 11.6 Å². The first-order valence-electron chi connectivity index (χ1n) is 5.24. The number of hydrogen-bond donors (Lipinski definition) is 2. The highest BCUT2D eigenvalue weighted by Gasteiger charge is 2.19. The summed E-state index contributed by atoms with van der Waals surface area (Å²) in [6.07, 6.45) is 0. The van der Waals surface area contributed by atoms with Gasteiger partial charge in [-0.15, -0.1) is 0 Å². The van der Waals surface area contributed by atoms with Crippen LogP contribution in [0.5, 0.6) is 0 Å². The van der Waals surface area contributed by atoms with Crippen LogP contribution in [0, 0.1) is 15.9 Å². The summed E-state index contributed by atoms with van der Waals surface area (Å²) < 4.78 is 13.6. The van der Waals surface area contributed by atoms with Crippen LogP contribution in [0.3, 0.4) is 0 Å². The maximum Gasteiger partial charge on any atom is 0.315 e. The van der Waals surface area contributed by atoms with Crippen molar-refractivity contribution in [1.29, 1.82) is 0 Å². The van der Waals surface area contributed by atoms with Gasteiger partial charge in [0.05, 0.1) is 15.6 Å². The molecule has 0 aliphatic carbocycles. The number of halogens is 2. The number of nitro groups is 1. The van der Waals surface area contributed by atoms with E-state index >= 15 is 0 Å². The molecule has 0 bridgehead atoms. The van der Waals surface area contributed by atoms with E-state index in [1.165, 1.54) is 36.4 Å². The van der Waals surface area contributed by atoms with Gasteiger partial charge >= 0.3 is 5.69 Å². The smallest absolute Gasteiger partial charge is 0.315 e. The summed E-state index contributed by atoms with van der Waals surface area (Å²) >= 11 is 5.85. The van der Waals surface area contributed by atoms with E-state index in [-0.39, 0.29) is 27.8 Å². The second-order valence-corrected chi connectivity index (χ2v) is 4.13. The third kappa shape index (κ3) is 2.58. The maximum atomic E-state index is 13.6. The molecule has 5 nitrogen and oxygen atoms in total. The van der Waals surface area contributed by atoms with Crippen molar-refractivity contribution in [3.63, 3.8) is 0 Å². The fourth-order valence-electron chi connectivity index (χ4n) is 1.62. The fraction of sp³-hybridized carbons (Fsp3) is 0. The summed E-state index contributed by atoms with van der Waals surface area (Å²) in [5.41, 5.74) is 5.27. The van der Waals surface area contributed by atoms with Gasteiger partial charge in [0.25, 0.3) is 0 Å². The zero-order chi connectivity index (χ0) is 14.0. The number of nitrogen functional groups attached to an aromatic ring is 1. The molecule has 0 amide bonds. The zero-order valence-corrected chi connectivity index (χ0v) is 10.3. The average molecular weight is 282 g/mol. The van der Waals surface area contributed by atoms with Gasteiger partial charge in [-0.25, -0.2) is 4.39 Å². The highest BCUT2D eigenvalue weighted by molar-refractivity contribution is 6.33. The molecule has 0 radical (unpaired) electrons. The molecule has 0 aliphatic rings. The summed E-state index contributed by atoms with van der Waals surface area (Å²) in [4.78, 5) is 10.3. The Kier molecular flexibility index (Phi) is 3.52. The Morgan fingerprint density at radius 3 is 2.58 bits per heavy atom. The Morgan fingerprint density at radius 1 is 1.26 bits per heavy atom. The van der Waals surface area contributed by atoms with Gasteiger partial charge in [0.1, 0.15) is 17.2 Å². The number of nitrogens with one attached hydrogen (secondary N) is 1. The topological polar surface area (TPSA) is 81.2 Å². The lowest BCUT2D eigenvalue weighted by Crippen LogP contribution is -2.02.